The molecule has 1 heterocycles. The zero-order valence-electron chi connectivity index (χ0n) is 11.7. The van der Waals surface area contributed by atoms with E-state index in [1.54, 1.807) is 0 Å². The highest BCUT2D eigenvalue weighted by Crippen LogP contribution is 2.23. The maximum Gasteiger partial charge on any atom is 0.303 e. The number of nitrogens with one attached hydrogen (secondary N) is 1. The lowest BCUT2D eigenvalue weighted by Crippen LogP contribution is -2.53. The van der Waals surface area contributed by atoms with Gasteiger partial charge in [0.1, 0.15) is 0 Å². The van der Waals surface area contributed by atoms with E-state index in [1.807, 2.05) is 0 Å². The molecule has 18 heavy (non-hydrogen) atoms. The van der Waals surface area contributed by atoms with Gasteiger partial charge in [0.05, 0.1) is 6.04 Å². The van der Waals surface area contributed by atoms with Crippen molar-refractivity contribution in [1.29, 1.82) is 0 Å². The molecule has 0 aromatic carbocycles. The van der Waals surface area contributed by atoms with Crippen LogP contribution in [0.4, 0.5) is 0 Å². The second-order valence-corrected chi connectivity index (χ2v) is 6.12. The summed E-state index contributed by atoms with van der Waals surface area (Å²) in [5.74, 6) is -0.521. The molecule has 1 aliphatic rings. The first-order valence-corrected chi connectivity index (χ1v) is 6.48. The monoisotopic (exact) mass is 256 g/mol. The molecule has 2 unspecified atom stereocenters. The maximum atomic E-state index is 12.1. The minimum absolute atomic E-state index is 0.0268. The lowest BCUT2D eigenvalue weighted by atomic mass is 9.98. The van der Waals surface area contributed by atoms with Crippen LogP contribution in [0.3, 0.4) is 0 Å². The summed E-state index contributed by atoms with van der Waals surface area (Å²) in [7, 11) is 0. The Morgan fingerprint density at radius 3 is 2.61 bits per heavy atom. The van der Waals surface area contributed by atoms with Crippen LogP contribution in [0.5, 0.6) is 0 Å². The third kappa shape index (κ3) is 3.98. The quantitative estimate of drug-likeness (QED) is 0.793. The van der Waals surface area contributed by atoms with Gasteiger partial charge in [-0.2, -0.15) is 0 Å². The number of nitrogens with zero attached hydrogens (tertiary/aromatic N) is 1. The van der Waals surface area contributed by atoms with Gasteiger partial charge in [-0.15, -0.1) is 0 Å². The first-order chi connectivity index (χ1) is 8.21. The van der Waals surface area contributed by atoms with Crippen LogP contribution in [0, 0.1) is 5.92 Å². The van der Waals surface area contributed by atoms with Gasteiger partial charge in [0, 0.05) is 25.0 Å². The summed E-state index contributed by atoms with van der Waals surface area (Å²) in [6.07, 6.45) is 0.393. The molecule has 1 saturated heterocycles. The van der Waals surface area contributed by atoms with Crippen molar-refractivity contribution >= 4 is 11.9 Å². The molecule has 0 aromatic heterocycles. The highest BCUT2D eigenvalue weighted by atomic mass is 16.4. The summed E-state index contributed by atoms with van der Waals surface area (Å²) < 4.78 is 0. The fourth-order valence-electron chi connectivity index (χ4n) is 2.35. The molecule has 5 heteroatoms. The number of carboxylic acid groups (broad SMARTS) is 1. The molecule has 0 saturated carbocycles. The van der Waals surface area contributed by atoms with E-state index in [1.165, 1.54) is 0 Å². The number of amides is 1. The molecule has 0 aromatic rings. The van der Waals surface area contributed by atoms with E-state index in [0.717, 1.165) is 6.54 Å². The summed E-state index contributed by atoms with van der Waals surface area (Å²) in [6, 6.07) is -0.342. The Balaban J connectivity index is 2.88. The van der Waals surface area contributed by atoms with Crippen LogP contribution in [-0.2, 0) is 9.59 Å². The molecule has 104 valence electrons. The molecule has 2 atom stereocenters. The van der Waals surface area contributed by atoms with E-state index in [2.05, 4.69) is 37.9 Å². The van der Waals surface area contributed by atoms with Gasteiger partial charge in [0.2, 0.25) is 5.91 Å². The molecule has 0 spiro atoms. The molecule has 1 amide bonds. The van der Waals surface area contributed by atoms with Crippen LogP contribution in [0.1, 0.15) is 40.5 Å². The second kappa shape index (κ2) is 5.69. The molecule has 2 N–H and O–H groups in total. The molecule has 1 fully saturated rings. The summed E-state index contributed by atoms with van der Waals surface area (Å²) in [5.41, 5.74) is -0.140. The third-order valence-electron chi connectivity index (χ3n) is 3.31. The van der Waals surface area contributed by atoms with Gasteiger partial charge in [0.25, 0.3) is 0 Å². The largest absolute Gasteiger partial charge is 0.481 e. The van der Waals surface area contributed by atoms with Gasteiger partial charge in [-0.1, -0.05) is 6.92 Å². The number of rotatable bonds is 3. The number of carboxylic acids is 1. The van der Waals surface area contributed by atoms with Gasteiger partial charge in [0.15, 0.2) is 0 Å². The van der Waals surface area contributed by atoms with Crippen molar-refractivity contribution in [2.24, 2.45) is 5.92 Å². The van der Waals surface area contributed by atoms with Crippen molar-refractivity contribution < 1.29 is 14.7 Å². The Kier molecular flexibility index (Phi) is 4.73. The van der Waals surface area contributed by atoms with Crippen LogP contribution in [0.15, 0.2) is 0 Å². The predicted molar refractivity (Wildman–Crippen MR) is 69.3 cm³/mol. The minimum Gasteiger partial charge on any atom is -0.481 e. The standard InChI is InChI=1S/C13H24N2O3/c1-9-7-14-12(18)10(5-6-11(16)17)15(8-9)13(2,3)4/h9-10H,5-8H2,1-4H3,(H,14,18)(H,16,17). The maximum absolute atomic E-state index is 12.1. The van der Waals surface area contributed by atoms with Crippen molar-refractivity contribution in [2.45, 2.75) is 52.1 Å². The van der Waals surface area contributed by atoms with Gasteiger partial charge < -0.3 is 10.4 Å². The summed E-state index contributed by atoms with van der Waals surface area (Å²) in [4.78, 5) is 24.9. The first kappa shape index (κ1) is 15.0. The molecule has 0 bridgehead atoms. The molecular weight excluding hydrogens is 232 g/mol. The van der Waals surface area contributed by atoms with Gasteiger partial charge in [-0.3, -0.25) is 14.5 Å². The van der Waals surface area contributed by atoms with Crippen LogP contribution in [-0.4, -0.2) is 46.6 Å². The topological polar surface area (TPSA) is 69.6 Å². The van der Waals surface area contributed by atoms with Crippen molar-refractivity contribution in [2.75, 3.05) is 13.1 Å². The van der Waals surface area contributed by atoms with E-state index in [9.17, 15) is 9.59 Å². The number of carbonyl (C=O) groups is 2. The van der Waals surface area contributed by atoms with Crippen LogP contribution in [0.2, 0.25) is 0 Å². The van der Waals surface area contributed by atoms with E-state index in [4.69, 9.17) is 5.11 Å². The lowest BCUT2D eigenvalue weighted by molar-refractivity contribution is -0.138. The normalized spacial score (nSPS) is 26.6. The minimum atomic E-state index is -0.853. The predicted octanol–water partition coefficient (Wildman–Crippen LogP) is 1.09. The van der Waals surface area contributed by atoms with Crippen molar-refractivity contribution in [3.8, 4) is 0 Å². The average Bonchev–Trinajstić information content (AvgIpc) is 2.36. The highest BCUT2D eigenvalue weighted by Gasteiger charge is 2.36. The summed E-state index contributed by atoms with van der Waals surface area (Å²) >= 11 is 0. The zero-order valence-corrected chi connectivity index (χ0v) is 11.7. The lowest BCUT2D eigenvalue weighted by Gasteiger charge is -2.40. The fourth-order valence-corrected chi connectivity index (χ4v) is 2.35. The van der Waals surface area contributed by atoms with E-state index >= 15 is 0 Å². The van der Waals surface area contributed by atoms with E-state index in [0.29, 0.717) is 18.9 Å². The fraction of sp³-hybridized carbons (Fsp3) is 0.846. The molecule has 0 radical (unpaired) electrons. The Hall–Kier alpha value is -1.10. The molecule has 1 rings (SSSR count). The Morgan fingerprint density at radius 2 is 2.11 bits per heavy atom. The SMILES string of the molecule is CC1CNC(=O)C(CCC(=O)O)N(C(C)(C)C)C1. The molecule has 5 nitrogen and oxygen atoms in total. The van der Waals surface area contributed by atoms with Crippen molar-refractivity contribution in [3.05, 3.63) is 0 Å². The Labute approximate surface area is 109 Å². The van der Waals surface area contributed by atoms with E-state index in [-0.39, 0.29) is 23.9 Å². The Bertz CT molecular complexity index is 323. The second-order valence-electron chi connectivity index (χ2n) is 6.12. The van der Waals surface area contributed by atoms with Crippen LogP contribution >= 0.6 is 0 Å². The zero-order chi connectivity index (χ0) is 13.9. The number of carbonyl (C=O) groups excluding carboxylic acids is 1. The van der Waals surface area contributed by atoms with Crippen LogP contribution in [0.25, 0.3) is 0 Å². The number of hydrogen-bond donors (Lipinski definition) is 2. The van der Waals surface area contributed by atoms with Gasteiger partial charge in [-0.25, -0.2) is 0 Å². The third-order valence-corrected chi connectivity index (χ3v) is 3.31. The molecule has 1 aliphatic heterocycles. The van der Waals surface area contributed by atoms with Crippen molar-refractivity contribution in [1.82, 2.24) is 10.2 Å². The first-order valence-electron chi connectivity index (χ1n) is 6.48. The number of aliphatic carboxylic acids is 1. The summed E-state index contributed by atoms with van der Waals surface area (Å²) in [5, 5.41) is 11.7. The van der Waals surface area contributed by atoms with Gasteiger partial charge >= 0.3 is 5.97 Å². The molecule has 0 aliphatic carbocycles. The van der Waals surface area contributed by atoms with Gasteiger partial charge in [-0.05, 0) is 33.1 Å². The molecular formula is C13H24N2O3. The van der Waals surface area contributed by atoms with E-state index < -0.39 is 5.97 Å². The van der Waals surface area contributed by atoms with Crippen molar-refractivity contribution in [3.63, 3.8) is 0 Å². The Morgan fingerprint density at radius 1 is 1.50 bits per heavy atom. The number of hydrogen-bond acceptors (Lipinski definition) is 3. The average molecular weight is 256 g/mol. The highest BCUT2D eigenvalue weighted by molar-refractivity contribution is 5.82. The smallest absolute Gasteiger partial charge is 0.303 e. The summed E-state index contributed by atoms with van der Waals surface area (Å²) in [6.45, 7) is 9.75. The van der Waals surface area contributed by atoms with Crippen LogP contribution < -0.4 is 5.32 Å².